The van der Waals surface area contributed by atoms with Crippen molar-refractivity contribution in [2.45, 2.75) is 13.8 Å². The molecule has 0 saturated carbocycles. The van der Waals surface area contributed by atoms with E-state index in [1.165, 1.54) is 12.1 Å². The molecule has 2 rings (SSSR count). The van der Waals surface area contributed by atoms with E-state index in [2.05, 4.69) is 23.7 Å². The molecule has 0 aliphatic rings. The van der Waals surface area contributed by atoms with E-state index in [0.717, 1.165) is 0 Å². The molecule has 142 valence electrons. The Hall–Kier alpha value is -2.92. The van der Waals surface area contributed by atoms with Crippen LogP contribution in [0.4, 0.5) is 0 Å². The summed E-state index contributed by atoms with van der Waals surface area (Å²) in [5, 5.41) is 0.661. The van der Waals surface area contributed by atoms with Crippen molar-refractivity contribution in [3.8, 4) is 23.7 Å². The third kappa shape index (κ3) is 5.79. The predicted octanol–water partition coefficient (Wildman–Crippen LogP) is 4.75. The van der Waals surface area contributed by atoms with Crippen LogP contribution in [0.5, 0.6) is 0 Å². The van der Waals surface area contributed by atoms with Crippen LogP contribution in [0.25, 0.3) is 0 Å². The SMILES string of the molecule is CCOC(=O)c1ccc(C#CC#Cc2ccc(C(=O)OCC)cc2Cl)c(Cl)c1. The summed E-state index contributed by atoms with van der Waals surface area (Å²) in [5.74, 6) is 10.1. The fourth-order valence-electron chi connectivity index (χ4n) is 2.11. The molecule has 0 atom stereocenters. The minimum absolute atomic E-state index is 0.289. The van der Waals surface area contributed by atoms with Crippen LogP contribution in [-0.4, -0.2) is 25.2 Å². The van der Waals surface area contributed by atoms with Gasteiger partial charge in [-0.1, -0.05) is 35.0 Å². The molecule has 0 bridgehead atoms. The standard InChI is InChI=1S/C22H16Cl2O4/c1-3-27-21(25)17-11-9-15(19(23)13-17)7-5-6-8-16-10-12-18(14-20(16)24)22(26)28-4-2/h9-14H,3-4H2,1-2H3. The van der Waals surface area contributed by atoms with Crippen molar-refractivity contribution in [1.29, 1.82) is 0 Å². The summed E-state index contributed by atoms with van der Waals surface area (Å²) in [5.41, 5.74) is 1.79. The van der Waals surface area contributed by atoms with Crippen LogP contribution in [0.2, 0.25) is 10.0 Å². The van der Waals surface area contributed by atoms with Crippen molar-refractivity contribution >= 4 is 35.1 Å². The number of ether oxygens (including phenoxy) is 2. The maximum absolute atomic E-state index is 11.7. The Balaban J connectivity index is 2.15. The molecule has 0 spiro atoms. The van der Waals surface area contributed by atoms with Crippen molar-refractivity contribution in [3.63, 3.8) is 0 Å². The third-order valence-corrected chi connectivity index (χ3v) is 4.04. The fourth-order valence-corrected chi connectivity index (χ4v) is 2.57. The summed E-state index contributed by atoms with van der Waals surface area (Å²) in [6.07, 6.45) is 0. The van der Waals surface area contributed by atoms with Crippen LogP contribution in [0.3, 0.4) is 0 Å². The first kappa shape index (κ1) is 21.4. The molecular weight excluding hydrogens is 399 g/mol. The zero-order valence-corrected chi connectivity index (χ0v) is 16.8. The molecule has 0 radical (unpaired) electrons. The fraction of sp³-hybridized carbons (Fsp3) is 0.182. The predicted molar refractivity (Wildman–Crippen MR) is 109 cm³/mol. The second-order valence-corrected chi connectivity index (χ2v) is 6.14. The molecule has 4 nitrogen and oxygen atoms in total. The number of hydrogen-bond donors (Lipinski definition) is 0. The van der Waals surface area contributed by atoms with Crippen LogP contribution < -0.4 is 0 Å². The molecule has 0 heterocycles. The molecule has 28 heavy (non-hydrogen) atoms. The molecular formula is C22H16Cl2O4. The van der Waals surface area contributed by atoms with Crippen molar-refractivity contribution in [2.24, 2.45) is 0 Å². The largest absolute Gasteiger partial charge is 0.462 e. The molecule has 0 fully saturated rings. The van der Waals surface area contributed by atoms with Gasteiger partial charge in [-0.3, -0.25) is 0 Å². The average molecular weight is 415 g/mol. The van der Waals surface area contributed by atoms with Crippen LogP contribution in [0, 0.1) is 23.7 Å². The van der Waals surface area contributed by atoms with Gasteiger partial charge in [0.15, 0.2) is 0 Å². The van der Waals surface area contributed by atoms with Crippen molar-refractivity contribution in [3.05, 3.63) is 68.7 Å². The highest BCUT2D eigenvalue weighted by atomic mass is 35.5. The van der Waals surface area contributed by atoms with Gasteiger partial charge in [0.05, 0.1) is 34.4 Å². The van der Waals surface area contributed by atoms with Gasteiger partial charge in [-0.15, -0.1) is 0 Å². The first-order valence-corrected chi connectivity index (χ1v) is 9.17. The Morgan fingerprint density at radius 3 is 1.50 bits per heavy atom. The number of hydrogen-bond acceptors (Lipinski definition) is 4. The number of benzene rings is 2. The van der Waals surface area contributed by atoms with E-state index in [1.807, 2.05) is 0 Å². The second-order valence-electron chi connectivity index (χ2n) is 5.33. The van der Waals surface area contributed by atoms with Crippen molar-refractivity contribution in [1.82, 2.24) is 0 Å². The van der Waals surface area contributed by atoms with Gasteiger partial charge in [-0.05, 0) is 62.1 Å². The van der Waals surface area contributed by atoms with Gasteiger partial charge < -0.3 is 9.47 Å². The molecule has 0 N–H and O–H groups in total. The molecule has 0 amide bonds. The maximum atomic E-state index is 11.7. The summed E-state index contributed by atoms with van der Waals surface area (Å²) in [6.45, 7) is 4.04. The molecule has 0 aliphatic carbocycles. The highest BCUT2D eigenvalue weighted by Gasteiger charge is 2.09. The Kier molecular flexibility index (Phi) is 7.96. The lowest BCUT2D eigenvalue weighted by Crippen LogP contribution is -2.04. The van der Waals surface area contributed by atoms with Gasteiger partial charge in [0.2, 0.25) is 0 Å². The molecule has 2 aromatic carbocycles. The monoisotopic (exact) mass is 414 g/mol. The van der Waals surface area contributed by atoms with E-state index < -0.39 is 11.9 Å². The lowest BCUT2D eigenvalue weighted by atomic mass is 10.1. The van der Waals surface area contributed by atoms with Crippen molar-refractivity contribution < 1.29 is 19.1 Å². The first-order chi connectivity index (χ1) is 13.5. The van der Waals surface area contributed by atoms with Gasteiger partial charge >= 0.3 is 11.9 Å². The molecule has 0 unspecified atom stereocenters. The van der Waals surface area contributed by atoms with E-state index in [-0.39, 0.29) is 13.2 Å². The molecule has 0 saturated heterocycles. The molecule has 6 heteroatoms. The highest BCUT2D eigenvalue weighted by molar-refractivity contribution is 6.32. The Labute approximate surface area is 173 Å². The smallest absolute Gasteiger partial charge is 0.338 e. The average Bonchev–Trinajstić information content (AvgIpc) is 2.67. The Morgan fingerprint density at radius 1 is 0.786 bits per heavy atom. The van der Waals surface area contributed by atoms with Crippen molar-refractivity contribution in [2.75, 3.05) is 13.2 Å². The van der Waals surface area contributed by atoms with Crippen LogP contribution in [0.1, 0.15) is 45.7 Å². The van der Waals surface area contributed by atoms with Gasteiger partial charge in [0.1, 0.15) is 0 Å². The Morgan fingerprint density at radius 2 is 1.18 bits per heavy atom. The lowest BCUT2D eigenvalue weighted by Gasteiger charge is -2.03. The van der Waals surface area contributed by atoms with Crippen LogP contribution in [0.15, 0.2) is 36.4 Å². The van der Waals surface area contributed by atoms with Crippen LogP contribution >= 0.6 is 23.2 Å². The quantitative estimate of drug-likeness (QED) is 0.534. The second kappa shape index (κ2) is 10.4. The lowest BCUT2D eigenvalue weighted by molar-refractivity contribution is 0.0517. The summed E-state index contributed by atoms with van der Waals surface area (Å²) in [6, 6.07) is 9.44. The van der Waals surface area contributed by atoms with E-state index >= 15 is 0 Å². The molecule has 0 aromatic heterocycles. The van der Waals surface area contributed by atoms with E-state index in [0.29, 0.717) is 32.3 Å². The van der Waals surface area contributed by atoms with E-state index in [4.69, 9.17) is 32.7 Å². The zero-order chi connectivity index (χ0) is 20.5. The maximum Gasteiger partial charge on any atom is 0.338 e. The highest BCUT2D eigenvalue weighted by Crippen LogP contribution is 2.19. The van der Waals surface area contributed by atoms with Gasteiger partial charge in [-0.2, -0.15) is 0 Å². The van der Waals surface area contributed by atoms with E-state index in [1.54, 1.807) is 38.1 Å². The summed E-state index contributed by atoms with van der Waals surface area (Å²) >= 11 is 12.3. The minimum atomic E-state index is -0.440. The summed E-state index contributed by atoms with van der Waals surface area (Å²) in [4.78, 5) is 23.4. The Bertz CT molecular complexity index is 937. The van der Waals surface area contributed by atoms with Gasteiger partial charge in [0, 0.05) is 11.1 Å². The van der Waals surface area contributed by atoms with Crippen LogP contribution in [-0.2, 0) is 9.47 Å². The van der Waals surface area contributed by atoms with Gasteiger partial charge in [0.25, 0.3) is 0 Å². The number of rotatable bonds is 4. The molecule has 0 aliphatic heterocycles. The number of carbonyl (C=O) groups is 2. The molecule has 2 aromatic rings. The minimum Gasteiger partial charge on any atom is -0.462 e. The van der Waals surface area contributed by atoms with E-state index in [9.17, 15) is 9.59 Å². The summed E-state index contributed by atoms with van der Waals surface area (Å²) < 4.78 is 9.84. The van der Waals surface area contributed by atoms with Gasteiger partial charge in [-0.25, -0.2) is 9.59 Å². The topological polar surface area (TPSA) is 52.6 Å². The number of halogens is 2. The number of esters is 2. The first-order valence-electron chi connectivity index (χ1n) is 8.41. The zero-order valence-electron chi connectivity index (χ0n) is 15.3. The third-order valence-electron chi connectivity index (χ3n) is 3.42. The normalized spacial score (nSPS) is 9.43. The summed E-state index contributed by atoms with van der Waals surface area (Å²) in [7, 11) is 0. The number of carbonyl (C=O) groups excluding carboxylic acids is 2.